The van der Waals surface area contributed by atoms with Crippen molar-refractivity contribution in [3.8, 4) is 0 Å². The fraction of sp³-hybridized carbons (Fsp3) is 0.917. The highest BCUT2D eigenvalue weighted by Crippen LogP contribution is 2.07. The molecule has 0 aromatic rings. The summed E-state index contributed by atoms with van der Waals surface area (Å²) in [5, 5.41) is 2.87. The van der Waals surface area contributed by atoms with Crippen molar-refractivity contribution in [1.82, 2.24) is 5.32 Å². The zero-order valence-electron chi connectivity index (χ0n) is 11.0. The Hall–Kier alpha value is -0.610. The van der Waals surface area contributed by atoms with Crippen LogP contribution in [0.25, 0.3) is 0 Å². The molecule has 0 aliphatic rings. The van der Waals surface area contributed by atoms with E-state index in [0.29, 0.717) is 19.0 Å². The molecule has 0 rings (SSSR count). The second-order valence-electron chi connectivity index (χ2n) is 5.06. The lowest BCUT2D eigenvalue weighted by Gasteiger charge is -2.20. The van der Waals surface area contributed by atoms with Crippen molar-refractivity contribution in [2.24, 2.45) is 11.7 Å². The van der Waals surface area contributed by atoms with Crippen molar-refractivity contribution < 1.29 is 9.53 Å². The zero-order chi connectivity index (χ0) is 12.6. The Morgan fingerprint density at radius 1 is 1.44 bits per heavy atom. The number of nitrogens with two attached hydrogens (primary N) is 1. The minimum absolute atomic E-state index is 0.0506. The minimum atomic E-state index is -0.265. The Morgan fingerprint density at radius 2 is 2.06 bits per heavy atom. The van der Waals surface area contributed by atoms with Crippen molar-refractivity contribution in [3.05, 3.63) is 0 Å². The molecule has 1 unspecified atom stereocenters. The molecular formula is C12H26N2O2. The number of nitrogens with one attached hydrogen (secondary N) is 1. The summed E-state index contributed by atoms with van der Waals surface area (Å²) in [5.74, 6) is 0.425. The van der Waals surface area contributed by atoms with Gasteiger partial charge in [0, 0.05) is 6.54 Å². The van der Waals surface area contributed by atoms with E-state index in [9.17, 15) is 4.79 Å². The molecule has 0 heterocycles. The Balaban J connectivity index is 3.71. The molecule has 1 amide bonds. The molecule has 0 aromatic carbocycles. The molecule has 4 nitrogen and oxygen atoms in total. The Kier molecular flexibility index (Phi) is 7.34. The van der Waals surface area contributed by atoms with Gasteiger partial charge in [0.25, 0.3) is 0 Å². The van der Waals surface area contributed by atoms with Gasteiger partial charge in [0.1, 0.15) is 6.61 Å². The van der Waals surface area contributed by atoms with E-state index in [1.807, 2.05) is 20.8 Å². The van der Waals surface area contributed by atoms with Gasteiger partial charge in [0.05, 0.1) is 5.60 Å². The second kappa shape index (κ2) is 7.63. The molecule has 16 heavy (non-hydrogen) atoms. The second-order valence-corrected chi connectivity index (χ2v) is 5.06. The molecule has 96 valence electrons. The summed E-state index contributed by atoms with van der Waals surface area (Å²) in [4.78, 5) is 11.4. The number of amides is 1. The van der Waals surface area contributed by atoms with Crippen LogP contribution in [0.1, 0.15) is 40.5 Å². The predicted octanol–water partition coefficient (Wildman–Crippen LogP) is 1.29. The third-order valence-corrected chi connectivity index (χ3v) is 2.38. The maximum Gasteiger partial charge on any atom is 0.246 e. The summed E-state index contributed by atoms with van der Waals surface area (Å²) in [6.07, 6.45) is 1.99. The third kappa shape index (κ3) is 8.68. The van der Waals surface area contributed by atoms with Gasteiger partial charge in [-0.25, -0.2) is 0 Å². The average Bonchev–Trinajstić information content (AvgIpc) is 2.20. The van der Waals surface area contributed by atoms with Crippen LogP contribution in [-0.2, 0) is 9.53 Å². The van der Waals surface area contributed by atoms with Crippen molar-refractivity contribution >= 4 is 5.91 Å². The SMILES string of the molecule is CCC(CCN)CNC(=O)COC(C)(C)C. The lowest BCUT2D eigenvalue weighted by Crippen LogP contribution is -2.35. The van der Waals surface area contributed by atoms with E-state index < -0.39 is 0 Å². The van der Waals surface area contributed by atoms with Gasteiger partial charge in [-0.15, -0.1) is 0 Å². The summed E-state index contributed by atoms with van der Waals surface area (Å²) < 4.78 is 5.38. The number of rotatable bonds is 7. The summed E-state index contributed by atoms with van der Waals surface area (Å²) in [6.45, 7) is 9.41. The van der Waals surface area contributed by atoms with Crippen LogP contribution < -0.4 is 11.1 Å². The molecule has 4 heteroatoms. The number of carbonyl (C=O) groups is 1. The Bertz CT molecular complexity index is 200. The van der Waals surface area contributed by atoms with Crippen LogP contribution in [0.4, 0.5) is 0 Å². The van der Waals surface area contributed by atoms with Crippen molar-refractivity contribution in [2.75, 3.05) is 19.7 Å². The van der Waals surface area contributed by atoms with Gasteiger partial charge in [-0.3, -0.25) is 4.79 Å². The standard InChI is InChI=1S/C12H26N2O2/c1-5-10(6-7-13)8-14-11(15)9-16-12(2,3)4/h10H,5-9,13H2,1-4H3,(H,14,15). The van der Waals surface area contributed by atoms with Crippen LogP contribution in [0.5, 0.6) is 0 Å². The summed E-state index contributed by atoms with van der Waals surface area (Å²) in [5.41, 5.74) is 5.22. The van der Waals surface area contributed by atoms with Crippen LogP contribution in [0.15, 0.2) is 0 Å². The highest BCUT2D eigenvalue weighted by Gasteiger charge is 2.13. The van der Waals surface area contributed by atoms with Gasteiger partial charge in [0.15, 0.2) is 0 Å². The van der Waals surface area contributed by atoms with Crippen molar-refractivity contribution in [3.63, 3.8) is 0 Å². The lowest BCUT2D eigenvalue weighted by molar-refractivity contribution is -0.130. The van der Waals surface area contributed by atoms with E-state index in [4.69, 9.17) is 10.5 Å². The van der Waals surface area contributed by atoms with E-state index in [1.165, 1.54) is 0 Å². The maximum absolute atomic E-state index is 11.4. The van der Waals surface area contributed by atoms with Gasteiger partial charge in [-0.1, -0.05) is 13.3 Å². The van der Waals surface area contributed by atoms with Crippen LogP contribution in [-0.4, -0.2) is 31.2 Å². The molecule has 0 aromatic heterocycles. The first kappa shape index (κ1) is 15.4. The summed E-state index contributed by atoms with van der Waals surface area (Å²) >= 11 is 0. The minimum Gasteiger partial charge on any atom is -0.366 e. The van der Waals surface area contributed by atoms with E-state index in [2.05, 4.69) is 12.2 Å². The molecule has 0 saturated heterocycles. The average molecular weight is 230 g/mol. The molecular weight excluding hydrogens is 204 g/mol. The molecule has 1 atom stereocenters. The molecule has 0 saturated carbocycles. The van der Waals surface area contributed by atoms with Crippen molar-refractivity contribution in [1.29, 1.82) is 0 Å². The monoisotopic (exact) mass is 230 g/mol. The lowest BCUT2D eigenvalue weighted by atomic mass is 10.0. The van der Waals surface area contributed by atoms with Gasteiger partial charge in [-0.2, -0.15) is 0 Å². The molecule has 3 N–H and O–H groups in total. The largest absolute Gasteiger partial charge is 0.366 e. The van der Waals surface area contributed by atoms with Gasteiger partial charge in [0.2, 0.25) is 5.91 Å². The fourth-order valence-corrected chi connectivity index (χ4v) is 1.28. The molecule has 0 bridgehead atoms. The maximum atomic E-state index is 11.4. The van der Waals surface area contributed by atoms with E-state index in [0.717, 1.165) is 12.8 Å². The Morgan fingerprint density at radius 3 is 2.50 bits per heavy atom. The van der Waals surface area contributed by atoms with Gasteiger partial charge in [-0.05, 0) is 39.7 Å². The normalized spacial score (nSPS) is 13.6. The molecule has 0 aliphatic carbocycles. The van der Waals surface area contributed by atoms with Crippen LogP contribution in [0, 0.1) is 5.92 Å². The number of carbonyl (C=O) groups excluding carboxylic acids is 1. The zero-order valence-corrected chi connectivity index (χ0v) is 11.0. The summed E-state index contributed by atoms with van der Waals surface area (Å²) in [6, 6.07) is 0. The fourth-order valence-electron chi connectivity index (χ4n) is 1.28. The van der Waals surface area contributed by atoms with Crippen LogP contribution in [0.3, 0.4) is 0 Å². The van der Waals surface area contributed by atoms with E-state index in [1.54, 1.807) is 0 Å². The first-order chi connectivity index (χ1) is 7.39. The van der Waals surface area contributed by atoms with E-state index >= 15 is 0 Å². The number of hydrogen-bond donors (Lipinski definition) is 2. The smallest absolute Gasteiger partial charge is 0.246 e. The molecule has 0 spiro atoms. The molecule has 0 radical (unpaired) electrons. The van der Waals surface area contributed by atoms with Gasteiger partial charge < -0.3 is 15.8 Å². The van der Waals surface area contributed by atoms with Crippen LogP contribution >= 0.6 is 0 Å². The Labute approximate surface area is 98.9 Å². The highest BCUT2D eigenvalue weighted by atomic mass is 16.5. The van der Waals surface area contributed by atoms with Gasteiger partial charge >= 0.3 is 0 Å². The molecule has 0 aliphatic heterocycles. The highest BCUT2D eigenvalue weighted by molar-refractivity contribution is 5.77. The predicted molar refractivity (Wildman–Crippen MR) is 66.2 cm³/mol. The quantitative estimate of drug-likeness (QED) is 0.692. The number of hydrogen-bond acceptors (Lipinski definition) is 3. The summed E-state index contributed by atoms with van der Waals surface area (Å²) in [7, 11) is 0. The van der Waals surface area contributed by atoms with E-state index in [-0.39, 0.29) is 18.1 Å². The third-order valence-electron chi connectivity index (χ3n) is 2.38. The topological polar surface area (TPSA) is 64.3 Å². The first-order valence-electron chi connectivity index (χ1n) is 5.99. The molecule has 0 fully saturated rings. The van der Waals surface area contributed by atoms with Crippen LogP contribution in [0.2, 0.25) is 0 Å². The van der Waals surface area contributed by atoms with Crippen molar-refractivity contribution in [2.45, 2.75) is 46.1 Å². The first-order valence-corrected chi connectivity index (χ1v) is 5.99. The number of ether oxygens (including phenoxy) is 1.